The molecule has 0 aromatic rings. The third-order valence-corrected chi connectivity index (χ3v) is 8.74. The zero-order valence-electron chi connectivity index (χ0n) is 24.9. The van der Waals surface area contributed by atoms with E-state index in [1.165, 1.54) is 198 Å². The Bertz CT molecular complexity index is 352. The molecule has 0 N–H and O–H groups in total. The summed E-state index contributed by atoms with van der Waals surface area (Å²) >= 11 is 3.66. The molecule has 0 bridgehead atoms. The molecule has 0 radical (unpaired) electrons. The number of alkyl halides is 1. The molecular formula is C34H69Br. The van der Waals surface area contributed by atoms with Gasteiger partial charge >= 0.3 is 0 Å². The topological polar surface area (TPSA) is 0 Å². The van der Waals surface area contributed by atoms with Gasteiger partial charge in [0.1, 0.15) is 0 Å². The summed E-state index contributed by atoms with van der Waals surface area (Å²) < 4.78 is 0. The third-order valence-electron chi connectivity index (χ3n) is 8.18. The first kappa shape index (κ1) is 35.5. The van der Waals surface area contributed by atoms with E-state index in [0.29, 0.717) is 0 Å². The van der Waals surface area contributed by atoms with Gasteiger partial charge in [0.25, 0.3) is 0 Å². The van der Waals surface area contributed by atoms with Crippen LogP contribution in [0.3, 0.4) is 0 Å². The monoisotopic (exact) mass is 556 g/mol. The van der Waals surface area contributed by atoms with Crippen molar-refractivity contribution in [2.75, 3.05) is 5.33 Å². The van der Waals surface area contributed by atoms with Crippen LogP contribution < -0.4 is 0 Å². The van der Waals surface area contributed by atoms with E-state index in [-0.39, 0.29) is 0 Å². The quantitative estimate of drug-likeness (QED) is 0.0587. The Labute approximate surface area is 233 Å². The molecule has 0 aromatic carbocycles. The number of rotatable bonds is 31. The predicted molar refractivity (Wildman–Crippen MR) is 167 cm³/mol. The van der Waals surface area contributed by atoms with Crippen LogP contribution in [-0.4, -0.2) is 5.33 Å². The molecule has 212 valence electrons. The molecule has 0 aliphatic carbocycles. The number of halogens is 1. The van der Waals surface area contributed by atoms with E-state index >= 15 is 0 Å². The van der Waals surface area contributed by atoms with Crippen molar-refractivity contribution >= 4 is 15.9 Å². The summed E-state index contributed by atoms with van der Waals surface area (Å²) in [5.74, 6) is 1.01. The van der Waals surface area contributed by atoms with Gasteiger partial charge in [0.15, 0.2) is 0 Å². The highest BCUT2D eigenvalue weighted by Crippen LogP contribution is 2.24. The van der Waals surface area contributed by atoms with Crippen LogP contribution in [0.5, 0.6) is 0 Å². The van der Waals surface area contributed by atoms with E-state index in [0.717, 1.165) is 5.92 Å². The van der Waals surface area contributed by atoms with E-state index < -0.39 is 0 Å². The van der Waals surface area contributed by atoms with Crippen molar-refractivity contribution in [2.24, 2.45) is 5.92 Å². The standard InChI is InChI=1S/C34H69Br/c1-3-5-7-9-11-13-15-17-18-20-22-24-26-28-31-34(32-29-33-35)30-27-25-23-21-19-16-14-12-10-8-6-4-2/h34H,3-33H2,1-2H3. The fraction of sp³-hybridized carbons (Fsp3) is 1.00. The van der Waals surface area contributed by atoms with E-state index in [4.69, 9.17) is 0 Å². The lowest BCUT2D eigenvalue weighted by Crippen LogP contribution is -2.02. The van der Waals surface area contributed by atoms with Crippen LogP contribution in [0, 0.1) is 5.92 Å². The highest BCUT2D eigenvalue weighted by Gasteiger charge is 2.08. The van der Waals surface area contributed by atoms with Gasteiger partial charge in [-0.3, -0.25) is 0 Å². The molecular weight excluding hydrogens is 488 g/mol. The van der Waals surface area contributed by atoms with Crippen LogP contribution in [0.1, 0.15) is 206 Å². The molecule has 0 aliphatic heterocycles. The van der Waals surface area contributed by atoms with Crippen molar-refractivity contribution in [3.63, 3.8) is 0 Å². The lowest BCUT2D eigenvalue weighted by molar-refractivity contribution is 0.378. The highest BCUT2D eigenvalue weighted by atomic mass is 79.9. The molecule has 0 saturated heterocycles. The van der Waals surface area contributed by atoms with Crippen LogP contribution in [0.25, 0.3) is 0 Å². The largest absolute Gasteiger partial charge is 0.0928 e. The van der Waals surface area contributed by atoms with Crippen molar-refractivity contribution in [3.8, 4) is 0 Å². The summed E-state index contributed by atoms with van der Waals surface area (Å²) in [6.07, 6.45) is 44.1. The maximum Gasteiger partial charge on any atom is 0.00314 e. The average molecular weight is 558 g/mol. The summed E-state index contributed by atoms with van der Waals surface area (Å²) in [4.78, 5) is 0. The Balaban J connectivity index is 3.47. The fourth-order valence-electron chi connectivity index (χ4n) is 5.70. The fourth-order valence-corrected chi connectivity index (χ4v) is 6.02. The normalized spacial score (nSPS) is 12.4. The Hall–Kier alpha value is 0.480. The number of hydrogen-bond acceptors (Lipinski definition) is 0. The zero-order valence-corrected chi connectivity index (χ0v) is 26.5. The molecule has 0 nitrogen and oxygen atoms in total. The zero-order chi connectivity index (χ0) is 25.5. The third kappa shape index (κ3) is 30.6. The molecule has 0 fully saturated rings. The summed E-state index contributed by atoms with van der Waals surface area (Å²) in [5.41, 5.74) is 0. The van der Waals surface area contributed by atoms with Gasteiger partial charge in [-0.05, 0) is 18.8 Å². The molecule has 1 heteroatoms. The van der Waals surface area contributed by atoms with Crippen LogP contribution >= 0.6 is 15.9 Å². The van der Waals surface area contributed by atoms with Gasteiger partial charge < -0.3 is 0 Å². The minimum Gasteiger partial charge on any atom is -0.0928 e. The van der Waals surface area contributed by atoms with Gasteiger partial charge in [-0.15, -0.1) is 0 Å². The summed E-state index contributed by atoms with van der Waals surface area (Å²) in [7, 11) is 0. The maximum absolute atomic E-state index is 3.66. The molecule has 35 heavy (non-hydrogen) atoms. The Morgan fingerprint density at radius 2 is 0.543 bits per heavy atom. The predicted octanol–water partition coefficient (Wildman–Crippen LogP) is 13.7. The van der Waals surface area contributed by atoms with Gasteiger partial charge in [-0.2, -0.15) is 0 Å². The van der Waals surface area contributed by atoms with Crippen LogP contribution in [0.4, 0.5) is 0 Å². The van der Waals surface area contributed by atoms with E-state index in [2.05, 4.69) is 29.8 Å². The molecule has 1 unspecified atom stereocenters. The average Bonchev–Trinajstić information content (AvgIpc) is 2.87. The molecule has 1 atom stereocenters. The van der Waals surface area contributed by atoms with Crippen LogP contribution in [-0.2, 0) is 0 Å². The lowest BCUT2D eigenvalue weighted by Gasteiger charge is -2.16. The van der Waals surface area contributed by atoms with E-state index in [1.807, 2.05) is 0 Å². The first-order chi connectivity index (χ1) is 17.3. The Kier molecular flexibility index (Phi) is 33.0. The maximum atomic E-state index is 3.66. The van der Waals surface area contributed by atoms with Crippen molar-refractivity contribution in [3.05, 3.63) is 0 Å². The first-order valence-corrected chi connectivity index (χ1v) is 18.0. The highest BCUT2D eigenvalue weighted by molar-refractivity contribution is 9.09. The molecule has 0 spiro atoms. The molecule has 0 aliphatic rings. The van der Waals surface area contributed by atoms with Crippen molar-refractivity contribution in [1.82, 2.24) is 0 Å². The van der Waals surface area contributed by atoms with Gasteiger partial charge in [-0.1, -0.05) is 210 Å². The first-order valence-electron chi connectivity index (χ1n) is 16.9. The molecule has 0 rings (SSSR count). The second-order valence-electron chi connectivity index (χ2n) is 11.8. The van der Waals surface area contributed by atoms with Crippen LogP contribution in [0.15, 0.2) is 0 Å². The van der Waals surface area contributed by atoms with Crippen molar-refractivity contribution in [2.45, 2.75) is 206 Å². The van der Waals surface area contributed by atoms with Crippen LogP contribution in [0.2, 0.25) is 0 Å². The minimum absolute atomic E-state index is 1.01. The summed E-state index contributed by atoms with van der Waals surface area (Å²) in [5, 5.41) is 1.20. The number of hydrogen-bond donors (Lipinski definition) is 0. The Morgan fingerprint density at radius 1 is 0.314 bits per heavy atom. The SMILES string of the molecule is CCCCCCCCCCCCCCCCC(CCCBr)CCCCCCCCCCCCCC. The van der Waals surface area contributed by atoms with Gasteiger partial charge in [0, 0.05) is 5.33 Å². The lowest BCUT2D eigenvalue weighted by atomic mass is 9.90. The molecule has 0 heterocycles. The van der Waals surface area contributed by atoms with Gasteiger partial charge in [0.05, 0.1) is 0 Å². The summed E-state index contributed by atoms with van der Waals surface area (Å²) in [6.45, 7) is 4.62. The second-order valence-corrected chi connectivity index (χ2v) is 12.6. The van der Waals surface area contributed by atoms with Crippen molar-refractivity contribution < 1.29 is 0 Å². The molecule has 0 amide bonds. The number of unbranched alkanes of at least 4 members (excludes halogenated alkanes) is 24. The molecule has 0 aromatic heterocycles. The van der Waals surface area contributed by atoms with Gasteiger partial charge in [-0.25, -0.2) is 0 Å². The van der Waals surface area contributed by atoms with Gasteiger partial charge in [0.2, 0.25) is 0 Å². The molecule has 0 saturated carbocycles. The smallest absolute Gasteiger partial charge is 0.00314 e. The Morgan fingerprint density at radius 3 is 0.800 bits per heavy atom. The van der Waals surface area contributed by atoms with E-state index in [1.54, 1.807) is 0 Å². The second kappa shape index (κ2) is 32.5. The van der Waals surface area contributed by atoms with E-state index in [9.17, 15) is 0 Å². The summed E-state index contributed by atoms with van der Waals surface area (Å²) in [6, 6.07) is 0. The minimum atomic E-state index is 1.01. The van der Waals surface area contributed by atoms with Crippen molar-refractivity contribution in [1.29, 1.82) is 0 Å².